The van der Waals surface area contributed by atoms with Gasteiger partial charge in [-0.3, -0.25) is 4.79 Å². The summed E-state index contributed by atoms with van der Waals surface area (Å²) in [6.45, 7) is 3.26. The minimum absolute atomic E-state index is 0.0963. The fourth-order valence-electron chi connectivity index (χ4n) is 2.20. The van der Waals surface area contributed by atoms with E-state index in [0.29, 0.717) is 19.6 Å². The molecule has 0 unspecified atom stereocenters. The molecule has 4 nitrogen and oxygen atoms in total. The van der Waals surface area contributed by atoms with E-state index in [1.54, 1.807) is 7.11 Å². The second-order valence-electron chi connectivity index (χ2n) is 4.79. The van der Waals surface area contributed by atoms with E-state index in [-0.39, 0.29) is 11.9 Å². The highest BCUT2D eigenvalue weighted by Gasteiger charge is 2.24. The van der Waals surface area contributed by atoms with Crippen molar-refractivity contribution in [3.63, 3.8) is 0 Å². The largest absolute Gasteiger partial charge is 0.493 e. The van der Waals surface area contributed by atoms with Gasteiger partial charge < -0.3 is 14.2 Å². The van der Waals surface area contributed by atoms with Gasteiger partial charge >= 0.3 is 5.97 Å². The van der Waals surface area contributed by atoms with Gasteiger partial charge in [0, 0.05) is 5.92 Å². The molecule has 1 fully saturated rings. The zero-order valence-corrected chi connectivity index (χ0v) is 11.5. The van der Waals surface area contributed by atoms with Crippen molar-refractivity contribution in [3.05, 3.63) is 23.8 Å². The number of methoxy groups -OCH3 is 1. The lowest BCUT2D eigenvalue weighted by Crippen LogP contribution is -2.05. The highest BCUT2D eigenvalue weighted by atomic mass is 16.5. The summed E-state index contributed by atoms with van der Waals surface area (Å²) in [5.74, 6) is 1.70. The number of carbonyl (C=O) groups is 1. The van der Waals surface area contributed by atoms with Crippen molar-refractivity contribution in [1.82, 2.24) is 0 Å². The van der Waals surface area contributed by atoms with Crippen LogP contribution in [0.4, 0.5) is 0 Å². The summed E-state index contributed by atoms with van der Waals surface area (Å²) in [5, 5.41) is 0. The number of rotatable bonds is 6. The number of carbonyl (C=O) groups excluding carboxylic acids is 1. The van der Waals surface area contributed by atoms with E-state index in [1.165, 1.54) is 0 Å². The van der Waals surface area contributed by atoms with Crippen molar-refractivity contribution < 1.29 is 19.0 Å². The van der Waals surface area contributed by atoms with Crippen molar-refractivity contribution in [1.29, 1.82) is 0 Å². The summed E-state index contributed by atoms with van der Waals surface area (Å²) in [6.07, 6.45) is 2.30. The molecule has 4 heteroatoms. The molecular formula is C15H20O4. The first kappa shape index (κ1) is 13.7. The molecule has 0 amide bonds. The van der Waals surface area contributed by atoms with Gasteiger partial charge in [-0.2, -0.15) is 0 Å². The fraction of sp³-hybridized carbons (Fsp3) is 0.533. The summed E-state index contributed by atoms with van der Waals surface area (Å²) in [5.41, 5.74) is 1.15. The Kier molecular flexibility index (Phi) is 4.66. The second kappa shape index (κ2) is 6.45. The molecule has 0 spiro atoms. The van der Waals surface area contributed by atoms with Gasteiger partial charge in [0.2, 0.25) is 0 Å². The van der Waals surface area contributed by atoms with Crippen LogP contribution in [0.2, 0.25) is 0 Å². The molecule has 0 saturated carbocycles. The molecule has 1 heterocycles. The predicted octanol–water partition coefficient (Wildman–Crippen LogP) is 2.59. The van der Waals surface area contributed by atoms with Crippen molar-refractivity contribution in [2.24, 2.45) is 5.92 Å². The first-order valence-corrected chi connectivity index (χ1v) is 6.68. The van der Waals surface area contributed by atoms with Crippen LogP contribution in [0.3, 0.4) is 0 Å². The Morgan fingerprint density at radius 2 is 2.21 bits per heavy atom. The Morgan fingerprint density at radius 3 is 2.84 bits per heavy atom. The molecule has 1 atom stereocenters. The first-order chi connectivity index (χ1) is 9.22. The minimum atomic E-state index is -0.0963. The van der Waals surface area contributed by atoms with Crippen LogP contribution in [0.1, 0.15) is 25.3 Å². The van der Waals surface area contributed by atoms with Crippen LogP contribution in [0.5, 0.6) is 11.5 Å². The van der Waals surface area contributed by atoms with Crippen LogP contribution in [0.15, 0.2) is 18.2 Å². The minimum Gasteiger partial charge on any atom is -0.493 e. The molecule has 0 radical (unpaired) electrons. The fourth-order valence-corrected chi connectivity index (χ4v) is 2.20. The number of hydrogen-bond acceptors (Lipinski definition) is 4. The van der Waals surface area contributed by atoms with Crippen LogP contribution in [0, 0.1) is 5.92 Å². The number of ether oxygens (including phenoxy) is 3. The van der Waals surface area contributed by atoms with E-state index >= 15 is 0 Å². The summed E-state index contributed by atoms with van der Waals surface area (Å²) < 4.78 is 15.9. The maximum atomic E-state index is 11.1. The molecule has 0 N–H and O–H groups in total. The number of esters is 1. The highest BCUT2D eigenvalue weighted by Crippen LogP contribution is 2.30. The van der Waals surface area contributed by atoms with Gasteiger partial charge in [-0.1, -0.05) is 13.0 Å². The summed E-state index contributed by atoms with van der Waals surface area (Å²) in [6, 6.07) is 5.93. The van der Waals surface area contributed by atoms with Crippen molar-refractivity contribution in [2.45, 2.75) is 26.2 Å². The monoisotopic (exact) mass is 264 g/mol. The molecule has 1 aliphatic heterocycles. The Labute approximate surface area is 113 Å². The third-order valence-corrected chi connectivity index (χ3v) is 3.15. The summed E-state index contributed by atoms with van der Waals surface area (Å²) in [7, 11) is 1.64. The van der Waals surface area contributed by atoms with Gasteiger partial charge in [0.25, 0.3) is 0 Å². The quantitative estimate of drug-likeness (QED) is 0.741. The van der Waals surface area contributed by atoms with E-state index in [9.17, 15) is 4.79 Å². The molecule has 0 aliphatic carbocycles. The standard InChI is InChI=1S/C15H20O4/c1-3-6-18-14-8-11(4-5-13(14)17-2)7-12-9-15(16)19-10-12/h4-5,8,12H,3,6-7,9-10H2,1-2H3/t12-/m1/s1. The van der Waals surface area contributed by atoms with E-state index < -0.39 is 0 Å². The summed E-state index contributed by atoms with van der Waals surface area (Å²) in [4.78, 5) is 11.1. The SMILES string of the molecule is CCCOc1cc(C[C@H]2COC(=O)C2)ccc1OC. The van der Waals surface area contributed by atoms with Gasteiger partial charge in [0.15, 0.2) is 11.5 Å². The Hall–Kier alpha value is -1.71. The normalized spacial score (nSPS) is 18.2. The van der Waals surface area contributed by atoms with Crippen molar-refractivity contribution in [3.8, 4) is 11.5 Å². The molecule has 1 aliphatic rings. The molecule has 2 rings (SSSR count). The second-order valence-corrected chi connectivity index (χ2v) is 4.79. The topological polar surface area (TPSA) is 44.8 Å². The van der Waals surface area contributed by atoms with E-state index in [0.717, 1.165) is 29.9 Å². The van der Waals surface area contributed by atoms with E-state index in [2.05, 4.69) is 6.92 Å². The lowest BCUT2D eigenvalue weighted by Gasteiger charge is -2.13. The summed E-state index contributed by atoms with van der Waals surface area (Å²) >= 11 is 0. The zero-order valence-electron chi connectivity index (χ0n) is 11.5. The smallest absolute Gasteiger partial charge is 0.306 e. The molecule has 19 heavy (non-hydrogen) atoms. The predicted molar refractivity (Wildman–Crippen MR) is 71.6 cm³/mol. The molecule has 0 bridgehead atoms. The van der Waals surface area contributed by atoms with Crippen LogP contribution in [0.25, 0.3) is 0 Å². The van der Waals surface area contributed by atoms with Crippen molar-refractivity contribution in [2.75, 3.05) is 20.3 Å². The van der Waals surface area contributed by atoms with Gasteiger partial charge in [0.05, 0.1) is 26.7 Å². The molecular weight excluding hydrogens is 244 g/mol. The lowest BCUT2D eigenvalue weighted by atomic mass is 9.98. The van der Waals surface area contributed by atoms with Gasteiger partial charge in [-0.05, 0) is 30.5 Å². The van der Waals surface area contributed by atoms with Crippen LogP contribution >= 0.6 is 0 Å². The van der Waals surface area contributed by atoms with E-state index in [1.807, 2.05) is 18.2 Å². The Bertz CT molecular complexity index is 442. The van der Waals surface area contributed by atoms with Gasteiger partial charge in [0.1, 0.15) is 0 Å². The Morgan fingerprint density at radius 1 is 1.37 bits per heavy atom. The molecule has 0 aromatic heterocycles. The zero-order chi connectivity index (χ0) is 13.7. The molecule has 1 saturated heterocycles. The van der Waals surface area contributed by atoms with Crippen LogP contribution in [-0.4, -0.2) is 26.3 Å². The van der Waals surface area contributed by atoms with Crippen LogP contribution in [-0.2, 0) is 16.0 Å². The van der Waals surface area contributed by atoms with Gasteiger partial charge in [-0.25, -0.2) is 0 Å². The highest BCUT2D eigenvalue weighted by molar-refractivity contribution is 5.71. The van der Waals surface area contributed by atoms with Gasteiger partial charge in [-0.15, -0.1) is 0 Å². The number of hydrogen-bond donors (Lipinski definition) is 0. The maximum absolute atomic E-state index is 11.1. The molecule has 1 aromatic carbocycles. The Balaban J connectivity index is 2.06. The average Bonchev–Trinajstić information content (AvgIpc) is 2.82. The average molecular weight is 264 g/mol. The van der Waals surface area contributed by atoms with E-state index in [4.69, 9.17) is 14.2 Å². The third-order valence-electron chi connectivity index (χ3n) is 3.15. The number of cyclic esters (lactones) is 1. The molecule has 104 valence electrons. The maximum Gasteiger partial charge on any atom is 0.306 e. The third kappa shape index (κ3) is 3.63. The number of benzene rings is 1. The molecule has 1 aromatic rings. The van der Waals surface area contributed by atoms with Crippen molar-refractivity contribution >= 4 is 5.97 Å². The first-order valence-electron chi connectivity index (χ1n) is 6.68. The lowest BCUT2D eigenvalue weighted by molar-refractivity contribution is -0.137. The van der Waals surface area contributed by atoms with Crippen LogP contribution < -0.4 is 9.47 Å².